The van der Waals surface area contributed by atoms with E-state index in [0.717, 1.165) is 31.6 Å². The van der Waals surface area contributed by atoms with Crippen molar-refractivity contribution in [3.8, 4) is 22.7 Å². The van der Waals surface area contributed by atoms with Gasteiger partial charge in [0.25, 0.3) is 5.92 Å². The molecular formula is C22H21ClF2N4O2. The molecule has 0 bridgehead atoms. The first-order valence-electron chi connectivity index (χ1n) is 9.80. The number of ether oxygens (including phenoxy) is 1. The minimum absolute atomic E-state index is 0.0184. The van der Waals surface area contributed by atoms with Crippen LogP contribution in [0.4, 0.5) is 8.78 Å². The standard InChI is InChI=1S/C22H21ClF2N4O2/c1-4-31-19-20(22(2,24)25)27-28(3)21(19)29-12-15(11-26-29)14-7-8-17(23)16(10-14)18(30)9-13-5-6-13/h4,7-8,10-13H,1,5-6,9H2,2-3H3. The van der Waals surface area contributed by atoms with E-state index in [1.807, 2.05) is 0 Å². The number of ketones is 1. The first kappa shape index (κ1) is 21.2. The van der Waals surface area contributed by atoms with E-state index in [2.05, 4.69) is 16.8 Å². The minimum Gasteiger partial charge on any atom is -0.459 e. The lowest BCUT2D eigenvalue weighted by Gasteiger charge is -2.09. The van der Waals surface area contributed by atoms with Gasteiger partial charge in [-0.2, -0.15) is 19.0 Å². The average molecular weight is 447 g/mol. The molecule has 2 aromatic heterocycles. The summed E-state index contributed by atoms with van der Waals surface area (Å²) in [5.41, 5.74) is 1.39. The number of hydrogen-bond acceptors (Lipinski definition) is 4. The van der Waals surface area contributed by atoms with Crippen LogP contribution in [0.15, 0.2) is 43.4 Å². The molecule has 0 spiro atoms. The number of aryl methyl sites for hydroxylation is 1. The third kappa shape index (κ3) is 4.25. The number of benzene rings is 1. The van der Waals surface area contributed by atoms with Crippen molar-refractivity contribution in [2.45, 2.75) is 32.1 Å². The number of Topliss-reactive ketones (excluding diaryl/α,β-unsaturated/α-hetero) is 1. The highest BCUT2D eigenvalue weighted by molar-refractivity contribution is 6.34. The summed E-state index contributed by atoms with van der Waals surface area (Å²) >= 11 is 6.26. The maximum Gasteiger partial charge on any atom is 0.292 e. The van der Waals surface area contributed by atoms with E-state index in [1.165, 1.54) is 16.4 Å². The zero-order valence-corrected chi connectivity index (χ0v) is 17.9. The van der Waals surface area contributed by atoms with Gasteiger partial charge in [-0.15, -0.1) is 0 Å². The Labute approximate surface area is 183 Å². The van der Waals surface area contributed by atoms with Gasteiger partial charge in [-0.25, -0.2) is 9.36 Å². The predicted molar refractivity (Wildman–Crippen MR) is 113 cm³/mol. The third-order valence-electron chi connectivity index (χ3n) is 5.16. The molecule has 1 aromatic carbocycles. The molecule has 1 aliphatic rings. The molecule has 31 heavy (non-hydrogen) atoms. The molecular weight excluding hydrogens is 426 g/mol. The van der Waals surface area contributed by atoms with Crippen molar-refractivity contribution in [3.05, 3.63) is 59.7 Å². The van der Waals surface area contributed by atoms with Crippen LogP contribution in [0, 0.1) is 5.92 Å². The molecule has 3 aromatic rings. The van der Waals surface area contributed by atoms with Crippen molar-refractivity contribution >= 4 is 17.4 Å². The first-order valence-corrected chi connectivity index (χ1v) is 10.2. The number of carbonyl (C=O) groups is 1. The quantitative estimate of drug-likeness (QED) is 0.336. The average Bonchev–Trinajstić information content (AvgIpc) is 3.26. The molecule has 0 N–H and O–H groups in total. The second kappa shape index (κ2) is 7.92. The molecule has 0 amide bonds. The Hall–Kier alpha value is -3.00. The van der Waals surface area contributed by atoms with Gasteiger partial charge in [-0.1, -0.05) is 24.2 Å². The van der Waals surface area contributed by atoms with E-state index in [-0.39, 0.29) is 17.4 Å². The van der Waals surface area contributed by atoms with Crippen LogP contribution in [-0.4, -0.2) is 25.3 Å². The van der Waals surface area contributed by atoms with Crippen molar-refractivity contribution < 1.29 is 18.3 Å². The van der Waals surface area contributed by atoms with E-state index < -0.39 is 11.6 Å². The largest absolute Gasteiger partial charge is 0.459 e. The number of nitrogens with zero attached hydrogens (tertiary/aromatic N) is 4. The predicted octanol–water partition coefficient (Wildman–Crippen LogP) is 5.54. The molecule has 4 rings (SSSR count). The lowest BCUT2D eigenvalue weighted by molar-refractivity contribution is 0.0103. The summed E-state index contributed by atoms with van der Waals surface area (Å²) in [6, 6.07) is 5.21. The summed E-state index contributed by atoms with van der Waals surface area (Å²) in [4.78, 5) is 12.6. The van der Waals surface area contributed by atoms with Crippen LogP contribution in [0.2, 0.25) is 5.02 Å². The Morgan fingerprint density at radius 2 is 2.13 bits per heavy atom. The fourth-order valence-corrected chi connectivity index (χ4v) is 3.65. The van der Waals surface area contributed by atoms with Gasteiger partial charge >= 0.3 is 0 Å². The van der Waals surface area contributed by atoms with Crippen molar-refractivity contribution in [2.75, 3.05) is 0 Å². The monoisotopic (exact) mass is 446 g/mol. The topological polar surface area (TPSA) is 61.9 Å². The number of carbonyl (C=O) groups excluding carboxylic acids is 1. The van der Waals surface area contributed by atoms with Crippen molar-refractivity contribution in [3.63, 3.8) is 0 Å². The number of rotatable bonds is 8. The van der Waals surface area contributed by atoms with E-state index in [4.69, 9.17) is 16.3 Å². The Morgan fingerprint density at radius 3 is 2.77 bits per heavy atom. The molecule has 0 aliphatic heterocycles. The zero-order valence-electron chi connectivity index (χ0n) is 17.1. The van der Waals surface area contributed by atoms with Gasteiger partial charge < -0.3 is 4.74 Å². The van der Waals surface area contributed by atoms with Gasteiger partial charge in [-0.05, 0) is 36.5 Å². The summed E-state index contributed by atoms with van der Waals surface area (Å²) in [7, 11) is 1.53. The van der Waals surface area contributed by atoms with Crippen LogP contribution in [-0.2, 0) is 13.0 Å². The van der Waals surface area contributed by atoms with Gasteiger partial charge in [0.1, 0.15) is 0 Å². The summed E-state index contributed by atoms with van der Waals surface area (Å²) < 4.78 is 36.0. The normalized spacial score (nSPS) is 14.0. The Morgan fingerprint density at radius 1 is 1.39 bits per heavy atom. The van der Waals surface area contributed by atoms with Crippen LogP contribution in [0.25, 0.3) is 16.9 Å². The van der Waals surface area contributed by atoms with E-state index in [0.29, 0.717) is 28.5 Å². The molecule has 1 aliphatic carbocycles. The van der Waals surface area contributed by atoms with Gasteiger partial charge in [0.05, 0.1) is 17.5 Å². The van der Waals surface area contributed by atoms with Crippen LogP contribution < -0.4 is 4.74 Å². The summed E-state index contributed by atoms with van der Waals surface area (Å²) in [6.07, 6.45) is 6.95. The van der Waals surface area contributed by atoms with Gasteiger partial charge in [0.15, 0.2) is 23.0 Å². The molecule has 0 radical (unpaired) electrons. The van der Waals surface area contributed by atoms with Crippen molar-refractivity contribution in [2.24, 2.45) is 13.0 Å². The molecule has 2 heterocycles. The second-order valence-electron chi connectivity index (χ2n) is 7.74. The summed E-state index contributed by atoms with van der Waals surface area (Å²) in [6.45, 7) is 4.20. The summed E-state index contributed by atoms with van der Waals surface area (Å²) in [5, 5.41) is 8.62. The lowest BCUT2D eigenvalue weighted by atomic mass is 10.0. The maximum absolute atomic E-state index is 14.0. The number of aromatic nitrogens is 4. The highest BCUT2D eigenvalue weighted by Gasteiger charge is 2.36. The number of hydrogen-bond donors (Lipinski definition) is 0. The fraction of sp³-hybridized carbons (Fsp3) is 0.318. The minimum atomic E-state index is -3.21. The fourth-order valence-electron chi connectivity index (χ4n) is 3.43. The molecule has 1 fully saturated rings. The molecule has 9 heteroatoms. The van der Waals surface area contributed by atoms with Crippen LogP contribution >= 0.6 is 11.6 Å². The SMILES string of the molecule is C=COc1c(C(C)(F)F)nn(C)c1-n1cc(-c2ccc(Cl)c(C(=O)CC3CC3)c2)cn1. The highest BCUT2D eigenvalue weighted by Crippen LogP contribution is 2.38. The smallest absolute Gasteiger partial charge is 0.292 e. The molecule has 6 nitrogen and oxygen atoms in total. The Bertz CT molecular complexity index is 1160. The maximum atomic E-state index is 14.0. The number of halogens is 3. The lowest BCUT2D eigenvalue weighted by Crippen LogP contribution is -2.09. The molecule has 0 atom stereocenters. The van der Waals surface area contributed by atoms with Crippen LogP contribution in [0.1, 0.15) is 42.2 Å². The van der Waals surface area contributed by atoms with Crippen LogP contribution in [0.5, 0.6) is 5.75 Å². The molecule has 162 valence electrons. The summed E-state index contributed by atoms with van der Waals surface area (Å²) in [5.74, 6) is -2.64. The Balaban J connectivity index is 1.72. The van der Waals surface area contributed by atoms with Crippen LogP contribution in [0.3, 0.4) is 0 Å². The highest BCUT2D eigenvalue weighted by atomic mass is 35.5. The van der Waals surface area contributed by atoms with E-state index in [1.54, 1.807) is 30.6 Å². The number of alkyl halides is 2. The van der Waals surface area contributed by atoms with E-state index >= 15 is 0 Å². The molecule has 1 saturated carbocycles. The first-order chi connectivity index (χ1) is 14.7. The second-order valence-corrected chi connectivity index (χ2v) is 8.14. The van der Waals surface area contributed by atoms with Gasteiger partial charge in [0.2, 0.25) is 0 Å². The molecule has 0 unspecified atom stereocenters. The Kier molecular flexibility index (Phi) is 5.43. The van der Waals surface area contributed by atoms with Gasteiger partial charge in [0, 0.05) is 37.7 Å². The van der Waals surface area contributed by atoms with Gasteiger partial charge in [-0.3, -0.25) is 4.79 Å². The third-order valence-corrected chi connectivity index (χ3v) is 5.49. The molecule has 0 saturated heterocycles. The zero-order chi connectivity index (χ0) is 22.3. The van der Waals surface area contributed by atoms with Crippen molar-refractivity contribution in [1.29, 1.82) is 0 Å². The van der Waals surface area contributed by atoms with Crippen molar-refractivity contribution in [1.82, 2.24) is 19.6 Å². The van der Waals surface area contributed by atoms with E-state index in [9.17, 15) is 13.6 Å².